The molecule has 2 N–H and O–H groups in total. The van der Waals surface area contributed by atoms with Crippen molar-refractivity contribution in [1.29, 1.82) is 0 Å². The molecule has 4 rings (SSSR count). The van der Waals surface area contributed by atoms with Gasteiger partial charge in [-0.3, -0.25) is 4.98 Å². The van der Waals surface area contributed by atoms with Crippen LogP contribution in [0.5, 0.6) is 0 Å². The first-order valence-corrected chi connectivity index (χ1v) is 12.4. The van der Waals surface area contributed by atoms with Crippen molar-refractivity contribution in [1.82, 2.24) is 9.71 Å². The molecule has 2 unspecified atom stereocenters. The highest BCUT2D eigenvalue weighted by Gasteiger charge is 2.48. The molecule has 9 heteroatoms. The number of nitrogens with zero attached hydrogens (tertiary/aromatic N) is 2. The Labute approximate surface area is 198 Å². The maximum Gasteiger partial charge on any atom is 0.299 e. The summed E-state index contributed by atoms with van der Waals surface area (Å²) in [4.78, 5) is 8.44. The number of aliphatic hydroxyl groups excluding tert-OH is 1. The largest absolute Gasteiger partial charge is 0.457 e. The van der Waals surface area contributed by atoms with Gasteiger partial charge in [0.1, 0.15) is 16.7 Å². The zero-order valence-electron chi connectivity index (χ0n) is 18.8. The summed E-state index contributed by atoms with van der Waals surface area (Å²) in [5.74, 6) is -0.491. The van der Waals surface area contributed by atoms with E-state index in [2.05, 4.69) is 14.7 Å². The molecular weight excluding hydrogens is 457 g/mol. The molecule has 2 aromatic carbocycles. The Bertz CT molecular complexity index is 1280. The normalized spacial score (nSPS) is 20.8. The van der Waals surface area contributed by atoms with Crippen LogP contribution in [0.4, 0.5) is 4.39 Å². The number of halogens is 1. The van der Waals surface area contributed by atoms with Gasteiger partial charge in [-0.1, -0.05) is 48.5 Å². The zero-order valence-corrected chi connectivity index (χ0v) is 19.7. The summed E-state index contributed by atoms with van der Waals surface area (Å²) in [6.07, 6.45) is 3.53. The van der Waals surface area contributed by atoms with Crippen LogP contribution in [0, 0.1) is 5.82 Å². The number of ether oxygens (including phenoxy) is 1. The molecule has 0 radical (unpaired) electrons. The molecule has 0 spiro atoms. The molecule has 0 saturated carbocycles. The highest BCUT2D eigenvalue weighted by atomic mass is 32.2. The van der Waals surface area contributed by atoms with Crippen molar-refractivity contribution >= 4 is 16.0 Å². The summed E-state index contributed by atoms with van der Waals surface area (Å²) >= 11 is 0. The van der Waals surface area contributed by atoms with Crippen molar-refractivity contribution in [3.63, 3.8) is 0 Å². The number of aromatic nitrogens is 1. The maximum absolute atomic E-state index is 14.3. The van der Waals surface area contributed by atoms with E-state index in [1.54, 1.807) is 56.6 Å². The van der Waals surface area contributed by atoms with Crippen molar-refractivity contribution in [2.24, 2.45) is 4.99 Å². The molecule has 1 aliphatic heterocycles. The van der Waals surface area contributed by atoms with Crippen molar-refractivity contribution in [2.75, 3.05) is 6.61 Å². The van der Waals surface area contributed by atoms with E-state index in [0.29, 0.717) is 5.56 Å². The molecule has 0 bridgehead atoms. The van der Waals surface area contributed by atoms with Crippen LogP contribution in [-0.4, -0.2) is 36.7 Å². The lowest BCUT2D eigenvalue weighted by Crippen LogP contribution is -2.53. The standard InChI is InChI=1S/C25H26FN3O4S/c1-25(2)23(18-11-9-17(10-12-18)19-6-5-14-27-16-19)34(31,32)29-24(33-25)28-22(13-15-30)20-7-3-4-8-21(20)26/h3-12,14,16,22-23,30H,13,15H2,1-2H3,(H,28,29). The second-order valence-electron chi connectivity index (χ2n) is 8.58. The van der Waals surface area contributed by atoms with Crippen LogP contribution in [-0.2, 0) is 14.8 Å². The molecule has 1 fully saturated rings. The molecule has 34 heavy (non-hydrogen) atoms. The molecule has 0 amide bonds. The van der Waals surface area contributed by atoms with Crippen molar-refractivity contribution in [3.8, 4) is 11.1 Å². The molecule has 2 heterocycles. The van der Waals surface area contributed by atoms with Gasteiger partial charge >= 0.3 is 0 Å². The molecule has 1 saturated heterocycles. The Morgan fingerprint density at radius 1 is 1.12 bits per heavy atom. The summed E-state index contributed by atoms with van der Waals surface area (Å²) in [5.41, 5.74) is 1.47. The molecule has 1 aliphatic rings. The Hall–Kier alpha value is -3.30. The van der Waals surface area contributed by atoms with Crippen LogP contribution in [0.3, 0.4) is 0 Å². The van der Waals surface area contributed by atoms with Gasteiger partial charge in [0.25, 0.3) is 6.02 Å². The molecule has 178 valence electrons. The van der Waals surface area contributed by atoms with Crippen LogP contribution < -0.4 is 4.72 Å². The topological polar surface area (TPSA) is 101 Å². The fourth-order valence-electron chi connectivity index (χ4n) is 4.19. The lowest BCUT2D eigenvalue weighted by atomic mass is 9.95. The van der Waals surface area contributed by atoms with E-state index in [9.17, 15) is 17.9 Å². The van der Waals surface area contributed by atoms with E-state index in [0.717, 1.165) is 11.1 Å². The van der Waals surface area contributed by atoms with Gasteiger partial charge in [-0.2, -0.15) is 0 Å². The monoisotopic (exact) mass is 483 g/mol. The zero-order chi connectivity index (χ0) is 24.3. The number of pyridine rings is 1. The number of amidine groups is 1. The highest BCUT2D eigenvalue weighted by molar-refractivity contribution is 7.90. The quantitative estimate of drug-likeness (QED) is 0.549. The van der Waals surface area contributed by atoms with Gasteiger partial charge in [0.15, 0.2) is 0 Å². The number of benzene rings is 2. The van der Waals surface area contributed by atoms with E-state index in [4.69, 9.17) is 4.74 Å². The van der Waals surface area contributed by atoms with E-state index < -0.39 is 32.7 Å². The number of aliphatic hydroxyl groups is 1. The minimum atomic E-state index is -3.94. The van der Waals surface area contributed by atoms with Crippen LogP contribution in [0.25, 0.3) is 11.1 Å². The van der Waals surface area contributed by atoms with Gasteiger partial charge in [-0.15, -0.1) is 0 Å². The van der Waals surface area contributed by atoms with E-state index in [1.165, 1.54) is 6.07 Å². The summed E-state index contributed by atoms with van der Waals surface area (Å²) < 4.78 is 49.3. The molecule has 7 nitrogen and oxygen atoms in total. The highest BCUT2D eigenvalue weighted by Crippen LogP contribution is 2.39. The number of rotatable bonds is 6. The fraction of sp³-hybridized carbons (Fsp3) is 0.280. The van der Waals surface area contributed by atoms with E-state index in [1.807, 2.05) is 24.3 Å². The smallest absolute Gasteiger partial charge is 0.299 e. The van der Waals surface area contributed by atoms with Gasteiger partial charge in [0.05, 0.1) is 6.04 Å². The minimum Gasteiger partial charge on any atom is -0.457 e. The third kappa shape index (κ3) is 4.95. The van der Waals surface area contributed by atoms with E-state index >= 15 is 0 Å². The molecule has 2 atom stereocenters. The summed E-state index contributed by atoms with van der Waals surface area (Å²) in [6.45, 7) is 3.09. The van der Waals surface area contributed by atoms with Gasteiger partial charge in [-0.25, -0.2) is 22.5 Å². The van der Waals surface area contributed by atoms with E-state index in [-0.39, 0.29) is 24.6 Å². The predicted octanol–water partition coefficient (Wildman–Crippen LogP) is 4.14. The van der Waals surface area contributed by atoms with Gasteiger partial charge in [0.2, 0.25) is 10.0 Å². The van der Waals surface area contributed by atoms with Crippen molar-refractivity contribution in [3.05, 3.63) is 90.0 Å². The van der Waals surface area contributed by atoms with Crippen molar-refractivity contribution in [2.45, 2.75) is 37.2 Å². The van der Waals surface area contributed by atoms with Crippen molar-refractivity contribution < 1.29 is 22.7 Å². The predicted molar refractivity (Wildman–Crippen MR) is 128 cm³/mol. The second-order valence-corrected chi connectivity index (χ2v) is 10.3. The Morgan fingerprint density at radius 3 is 2.47 bits per heavy atom. The lowest BCUT2D eigenvalue weighted by Gasteiger charge is -2.39. The third-order valence-electron chi connectivity index (χ3n) is 5.68. The molecule has 1 aromatic heterocycles. The third-order valence-corrected chi connectivity index (χ3v) is 7.60. The van der Waals surface area contributed by atoms with Crippen LogP contribution in [0.15, 0.2) is 78.0 Å². The Balaban J connectivity index is 1.64. The lowest BCUT2D eigenvalue weighted by molar-refractivity contribution is 0.0758. The SMILES string of the molecule is CC1(C)OC(=NC(CCO)c2ccccc2F)NS(=O)(=O)C1c1ccc(-c2cccnc2)cc1. The first kappa shape index (κ1) is 23.8. The minimum absolute atomic E-state index is 0.106. The number of hydrogen-bond acceptors (Lipinski definition) is 6. The summed E-state index contributed by atoms with van der Waals surface area (Å²) in [5, 5.41) is 8.44. The van der Waals surface area contributed by atoms with Crippen LogP contribution >= 0.6 is 0 Å². The number of aliphatic imine (C=N–C) groups is 1. The van der Waals surface area contributed by atoms with Gasteiger partial charge in [-0.05, 0) is 49.1 Å². The number of sulfonamides is 1. The second kappa shape index (κ2) is 9.52. The molecular formula is C25H26FN3O4S. The summed E-state index contributed by atoms with van der Waals surface area (Å²) in [7, 11) is -3.94. The molecule has 0 aliphatic carbocycles. The molecule has 3 aromatic rings. The maximum atomic E-state index is 14.3. The Kier molecular flexibility index (Phi) is 6.67. The number of hydrogen-bond donors (Lipinski definition) is 2. The van der Waals surface area contributed by atoms with Gasteiger partial charge in [0, 0.05) is 24.6 Å². The summed E-state index contributed by atoms with van der Waals surface area (Å²) in [6, 6.07) is 16.0. The number of nitrogens with one attached hydrogen (secondary N) is 1. The fourth-order valence-corrected chi connectivity index (χ4v) is 5.96. The van der Waals surface area contributed by atoms with Crippen LogP contribution in [0.1, 0.15) is 42.7 Å². The van der Waals surface area contributed by atoms with Crippen LogP contribution in [0.2, 0.25) is 0 Å². The average Bonchev–Trinajstić information content (AvgIpc) is 2.79. The average molecular weight is 484 g/mol. The Morgan fingerprint density at radius 2 is 1.85 bits per heavy atom. The first-order chi connectivity index (χ1) is 16.2. The van der Waals surface area contributed by atoms with Gasteiger partial charge < -0.3 is 9.84 Å². The first-order valence-electron chi connectivity index (χ1n) is 10.9.